The molecule has 2 aromatic rings. The molecule has 0 saturated heterocycles. The zero-order valence-electron chi connectivity index (χ0n) is 14.8. The van der Waals surface area contributed by atoms with Crippen LogP contribution in [0.4, 0.5) is 0 Å². The molecule has 0 aliphatic rings. The minimum Gasteiger partial charge on any atom is -0.493 e. The number of hydrogen-bond acceptors (Lipinski definition) is 4. The van der Waals surface area contributed by atoms with Crippen LogP contribution in [-0.4, -0.2) is 37.4 Å². The molecule has 2 aromatic carbocycles. The Hall–Kier alpha value is -2.97. The molecule has 0 saturated carbocycles. The first kappa shape index (κ1) is 19.4. The number of hydrogen-bond donors (Lipinski definition) is 2. The van der Waals surface area contributed by atoms with Crippen LogP contribution in [0.25, 0.3) is 0 Å². The number of aliphatic hydroxyl groups excluding tert-OH is 1. The summed E-state index contributed by atoms with van der Waals surface area (Å²) in [5.74, 6) is 3.20. The molecule has 2 rings (SSSR count). The fourth-order valence-electron chi connectivity index (χ4n) is 2.48. The molecule has 0 aliphatic carbocycles. The van der Waals surface area contributed by atoms with Gasteiger partial charge in [0.15, 0.2) is 11.5 Å². The number of nitrogens with one attached hydrogen (secondary N) is 1. The molecular weight excluding hydrogens is 330 g/mol. The predicted molar refractivity (Wildman–Crippen MR) is 100 cm³/mol. The van der Waals surface area contributed by atoms with Crippen molar-refractivity contribution in [2.75, 3.05) is 20.3 Å². The Morgan fingerprint density at radius 3 is 2.65 bits per heavy atom. The van der Waals surface area contributed by atoms with Crippen LogP contribution in [0.1, 0.15) is 11.1 Å². The van der Waals surface area contributed by atoms with Gasteiger partial charge in [-0.25, -0.2) is 0 Å². The summed E-state index contributed by atoms with van der Waals surface area (Å²) >= 11 is 0. The minimum atomic E-state index is -1.06. The van der Waals surface area contributed by atoms with Gasteiger partial charge in [-0.2, -0.15) is 0 Å². The van der Waals surface area contributed by atoms with Crippen LogP contribution < -0.4 is 14.8 Å². The SMILES string of the molecule is C#CCOc1ccc(CCNC(=O)[C@H](O)Cc2ccccc2)cc1OC. The molecule has 0 bridgehead atoms. The molecule has 26 heavy (non-hydrogen) atoms. The van der Waals surface area contributed by atoms with Crippen LogP contribution in [0, 0.1) is 12.3 Å². The lowest BCUT2D eigenvalue weighted by Gasteiger charge is -2.13. The average Bonchev–Trinajstić information content (AvgIpc) is 2.67. The number of terminal acetylenes is 1. The van der Waals surface area contributed by atoms with E-state index >= 15 is 0 Å². The maximum atomic E-state index is 12.0. The van der Waals surface area contributed by atoms with E-state index in [0.29, 0.717) is 30.9 Å². The first-order chi connectivity index (χ1) is 12.6. The van der Waals surface area contributed by atoms with Crippen LogP contribution in [0.3, 0.4) is 0 Å². The summed E-state index contributed by atoms with van der Waals surface area (Å²) in [5.41, 5.74) is 1.90. The van der Waals surface area contributed by atoms with Crippen LogP contribution in [0.15, 0.2) is 48.5 Å². The molecule has 0 spiro atoms. The third-order valence-corrected chi connectivity index (χ3v) is 3.83. The lowest BCUT2D eigenvalue weighted by Crippen LogP contribution is -2.37. The second kappa shape index (κ2) is 10.1. The first-order valence-corrected chi connectivity index (χ1v) is 8.37. The summed E-state index contributed by atoms with van der Waals surface area (Å²) < 4.78 is 10.7. The lowest BCUT2D eigenvalue weighted by atomic mass is 10.1. The van der Waals surface area contributed by atoms with Crippen LogP contribution in [0.2, 0.25) is 0 Å². The van der Waals surface area contributed by atoms with Crippen LogP contribution in [-0.2, 0) is 17.6 Å². The summed E-state index contributed by atoms with van der Waals surface area (Å²) in [6, 6.07) is 14.9. The van der Waals surface area contributed by atoms with Gasteiger partial charge in [-0.3, -0.25) is 4.79 Å². The van der Waals surface area contributed by atoms with Crippen molar-refractivity contribution in [2.24, 2.45) is 0 Å². The molecular formula is C21H23NO4. The van der Waals surface area contributed by atoms with Gasteiger partial charge in [0.1, 0.15) is 12.7 Å². The highest BCUT2D eigenvalue weighted by Gasteiger charge is 2.15. The summed E-state index contributed by atoms with van der Waals surface area (Å²) in [6.07, 6.45) is 5.02. The number of methoxy groups -OCH3 is 1. The van der Waals surface area contributed by atoms with Crippen molar-refractivity contribution in [3.63, 3.8) is 0 Å². The monoisotopic (exact) mass is 353 g/mol. The van der Waals surface area contributed by atoms with Crippen molar-refractivity contribution in [2.45, 2.75) is 18.9 Å². The van der Waals surface area contributed by atoms with E-state index in [1.54, 1.807) is 13.2 Å². The standard InChI is InChI=1S/C21H23NO4/c1-3-13-26-19-10-9-17(15-20(19)25-2)11-12-22-21(24)18(23)14-16-7-5-4-6-8-16/h1,4-10,15,18,23H,11-14H2,2H3,(H,22,24)/t18-/m1/s1. The number of rotatable bonds is 9. The smallest absolute Gasteiger partial charge is 0.249 e. The maximum Gasteiger partial charge on any atom is 0.249 e. The van der Waals surface area contributed by atoms with Gasteiger partial charge in [0.2, 0.25) is 5.91 Å². The van der Waals surface area contributed by atoms with Gasteiger partial charge in [-0.15, -0.1) is 6.42 Å². The van der Waals surface area contributed by atoms with Gasteiger partial charge in [0.05, 0.1) is 7.11 Å². The Labute approximate surface area is 154 Å². The Bertz CT molecular complexity index is 752. The summed E-state index contributed by atoms with van der Waals surface area (Å²) in [4.78, 5) is 12.0. The average molecular weight is 353 g/mol. The number of carbonyl (C=O) groups is 1. The van der Waals surface area contributed by atoms with Gasteiger partial charge in [0, 0.05) is 13.0 Å². The molecule has 5 heteroatoms. The fraction of sp³-hybridized carbons (Fsp3) is 0.286. The topological polar surface area (TPSA) is 67.8 Å². The number of ether oxygens (including phenoxy) is 2. The lowest BCUT2D eigenvalue weighted by molar-refractivity contribution is -0.129. The number of aliphatic hydroxyl groups is 1. The van der Waals surface area contributed by atoms with Crippen molar-refractivity contribution in [3.8, 4) is 23.8 Å². The highest BCUT2D eigenvalue weighted by Crippen LogP contribution is 2.28. The number of amides is 1. The molecule has 0 aromatic heterocycles. The van der Waals surface area contributed by atoms with Gasteiger partial charge in [-0.1, -0.05) is 42.3 Å². The second-order valence-electron chi connectivity index (χ2n) is 5.72. The summed E-state index contributed by atoms with van der Waals surface area (Å²) in [5, 5.41) is 12.8. The van der Waals surface area contributed by atoms with E-state index in [2.05, 4.69) is 11.2 Å². The zero-order valence-corrected chi connectivity index (χ0v) is 14.8. The Balaban J connectivity index is 1.83. The van der Waals surface area contributed by atoms with Crippen molar-refractivity contribution >= 4 is 5.91 Å². The minimum absolute atomic E-state index is 0.172. The quantitative estimate of drug-likeness (QED) is 0.677. The summed E-state index contributed by atoms with van der Waals surface area (Å²) in [6.45, 7) is 0.587. The number of benzene rings is 2. The molecule has 0 radical (unpaired) electrons. The maximum absolute atomic E-state index is 12.0. The third-order valence-electron chi connectivity index (χ3n) is 3.83. The van der Waals surface area contributed by atoms with Crippen LogP contribution in [0.5, 0.6) is 11.5 Å². The van der Waals surface area contributed by atoms with Crippen molar-refractivity contribution < 1.29 is 19.4 Å². The second-order valence-corrected chi connectivity index (χ2v) is 5.72. The van der Waals surface area contributed by atoms with E-state index in [9.17, 15) is 9.90 Å². The van der Waals surface area contributed by atoms with Crippen molar-refractivity contribution in [3.05, 3.63) is 59.7 Å². The fourth-order valence-corrected chi connectivity index (χ4v) is 2.48. The van der Waals surface area contributed by atoms with Crippen molar-refractivity contribution in [1.82, 2.24) is 5.32 Å². The van der Waals surface area contributed by atoms with E-state index in [1.807, 2.05) is 42.5 Å². The van der Waals surface area contributed by atoms with E-state index in [-0.39, 0.29) is 12.5 Å². The van der Waals surface area contributed by atoms with E-state index in [0.717, 1.165) is 11.1 Å². The van der Waals surface area contributed by atoms with Crippen LogP contribution >= 0.6 is 0 Å². The molecule has 2 N–H and O–H groups in total. The molecule has 1 amide bonds. The largest absolute Gasteiger partial charge is 0.493 e. The molecule has 1 atom stereocenters. The number of carbonyl (C=O) groups excluding carboxylic acids is 1. The first-order valence-electron chi connectivity index (χ1n) is 8.37. The van der Waals surface area contributed by atoms with E-state index < -0.39 is 6.10 Å². The zero-order chi connectivity index (χ0) is 18.8. The Morgan fingerprint density at radius 2 is 1.96 bits per heavy atom. The molecule has 0 unspecified atom stereocenters. The van der Waals surface area contributed by atoms with Gasteiger partial charge >= 0.3 is 0 Å². The highest BCUT2D eigenvalue weighted by atomic mass is 16.5. The van der Waals surface area contributed by atoms with Gasteiger partial charge < -0.3 is 19.9 Å². The molecule has 0 heterocycles. The predicted octanol–water partition coefficient (Wildman–Crippen LogP) is 1.97. The Kier molecular flexibility index (Phi) is 7.53. The Morgan fingerprint density at radius 1 is 1.19 bits per heavy atom. The van der Waals surface area contributed by atoms with Gasteiger partial charge in [0.25, 0.3) is 0 Å². The molecule has 0 aliphatic heterocycles. The van der Waals surface area contributed by atoms with Gasteiger partial charge in [-0.05, 0) is 29.7 Å². The van der Waals surface area contributed by atoms with Crippen molar-refractivity contribution in [1.29, 1.82) is 0 Å². The summed E-state index contributed by atoms with van der Waals surface area (Å²) in [7, 11) is 1.56. The third kappa shape index (κ3) is 5.83. The normalized spacial score (nSPS) is 11.3. The highest BCUT2D eigenvalue weighted by molar-refractivity contribution is 5.80. The molecule has 5 nitrogen and oxygen atoms in total. The van der Waals surface area contributed by atoms with E-state index in [1.165, 1.54) is 0 Å². The molecule has 0 fully saturated rings. The molecule has 136 valence electrons. The van der Waals surface area contributed by atoms with E-state index in [4.69, 9.17) is 15.9 Å².